The minimum atomic E-state index is -0.567. The molecule has 0 aliphatic heterocycles. The number of alkyl carbamates (subject to hydrolysis) is 1. The van der Waals surface area contributed by atoms with Crippen molar-refractivity contribution in [2.75, 3.05) is 19.6 Å². The maximum atomic E-state index is 11.9. The third-order valence-electron chi connectivity index (χ3n) is 3.33. The Bertz CT molecular complexity index is 644. The number of hydrogen-bond acceptors (Lipinski definition) is 4. The smallest absolute Gasteiger partial charge is 0.407 e. The van der Waals surface area contributed by atoms with Crippen LogP contribution in [-0.2, 0) is 20.7 Å². The van der Waals surface area contributed by atoms with Gasteiger partial charge in [-0.1, -0.05) is 29.8 Å². The standard InChI is InChI=1S/C19H28ClN3O4/c1-19(2,3)27-18(26)23-12-9-16(24)21-10-6-11-22-17(25)13-14-7-4-5-8-15(14)20/h4-5,7-8H,6,9-13H2,1-3H3,(H,21,24)(H,22,25)(H,23,26). The quantitative estimate of drug-likeness (QED) is 0.557. The zero-order valence-corrected chi connectivity index (χ0v) is 16.8. The van der Waals surface area contributed by atoms with Crippen molar-refractivity contribution in [1.29, 1.82) is 0 Å². The highest BCUT2D eigenvalue weighted by Gasteiger charge is 2.15. The van der Waals surface area contributed by atoms with Gasteiger partial charge in [0.25, 0.3) is 0 Å². The van der Waals surface area contributed by atoms with Gasteiger partial charge >= 0.3 is 6.09 Å². The molecule has 27 heavy (non-hydrogen) atoms. The van der Waals surface area contributed by atoms with Crippen molar-refractivity contribution in [2.24, 2.45) is 0 Å². The number of benzene rings is 1. The Kier molecular flexibility index (Phi) is 9.64. The first kappa shape index (κ1) is 22.8. The van der Waals surface area contributed by atoms with Crippen LogP contribution >= 0.6 is 11.6 Å². The van der Waals surface area contributed by atoms with Gasteiger partial charge in [0.1, 0.15) is 5.60 Å². The predicted octanol–water partition coefficient (Wildman–Crippen LogP) is 2.42. The number of hydrogen-bond donors (Lipinski definition) is 3. The topological polar surface area (TPSA) is 96.5 Å². The first-order valence-electron chi connectivity index (χ1n) is 8.91. The maximum Gasteiger partial charge on any atom is 0.407 e. The number of rotatable bonds is 9. The second-order valence-electron chi connectivity index (χ2n) is 7.00. The Morgan fingerprint density at radius 1 is 0.963 bits per heavy atom. The molecule has 0 spiro atoms. The van der Waals surface area contributed by atoms with Crippen molar-refractivity contribution in [3.8, 4) is 0 Å². The summed E-state index contributed by atoms with van der Waals surface area (Å²) in [5.41, 5.74) is 0.213. The van der Waals surface area contributed by atoms with Crippen molar-refractivity contribution in [3.05, 3.63) is 34.9 Å². The van der Waals surface area contributed by atoms with Crippen LogP contribution in [0.2, 0.25) is 5.02 Å². The molecule has 0 heterocycles. The van der Waals surface area contributed by atoms with E-state index >= 15 is 0 Å². The van der Waals surface area contributed by atoms with E-state index in [1.54, 1.807) is 26.8 Å². The van der Waals surface area contributed by atoms with Gasteiger partial charge in [0.2, 0.25) is 11.8 Å². The molecule has 1 aromatic rings. The van der Waals surface area contributed by atoms with Crippen LogP contribution in [0.1, 0.15) is 39.2 Å². The van der Waals surface area contributed by atoms with Crippen LogP contribution in [0, 0.1) is 0 Å². The number of halogens is 1. The van der Waals surface area contributed by atoms with Crippen molar-refractivity contribution in [3.63, 3.8) is 0 Å². The van der Waals surface area contributed by atoms with E-state index in [0.29, 0.717) is 24.5 Å². The third-order valence-corrected chi connectivity index (χ3v) is 3.70. The summed E-state index contributed by atoms with van der Waals surface area (Å²) in [5, 5.41) is 8.62. The molecular formula is C19H28ClN3O4. The average Bonchev–Trinajstić information content (AvgIpc) is 2.55. The molecule has 0 saturated heterocycles. The Balaban J connectivity index is 2.07. The molecule has 0 fully saturated rings. The molecule has 0 saturated carbocycles. The van der Waals surface area contributed by atoms with E-state index < -0.39 is 11.7 Å². The summed E-state index contributed by atoms with van der Waals surface area (Å²) in [6, 6.07) is 7.21. The molecule has 0 aliphatic rings. The highest BCUT2D eigenvalue weighted by molar-refractivity contribution is 6.31. The molecule has 0 unspecified atom stereocenters. The number of carbonyl (C=O) groups is 3. The fourth-order valence-corrected chi connectivity index (χ4v) is 2.30. The van der Waals surface area contributed by atoms with Gasteiger partial charge in [-0.15, -0.1) is 0 Å². The Hall–Kier alpha value is -2.28. The van der Waals surface area contributed by atoms with Crippen molar-refractivity contribution in [1.82, 2.24) is 16.0 Å². The van der Waals surface area contributed by atoms with Gasteiger partial charge in [-0.05, 0) is 38.8 Å². The summed E-state index contributed by atoms with van der Waals surface area (Å²) in [7, 11) is 0. The third kappa shape index (κ3) is 11.1. The van der Waals surface area contributed by atoms with Crippen molar-refractivity contribution >= 4 is 29.5 Å². The minimum Gasteiger partial charge on any atom is -0.444 e. The lowest BCUT2D eigenvalue weighted by Crippen LogP contribution is -2.35. The number of carbonyl (C=O) groups excluding carboxylic acids is 3. The normalized spacial score (nSPS) is 10.8. The van der Waals surface area contributed by atoms with Crippen molar-refractivity contribution in [2.45, 2.75) is 45.6 Å². The molecule has 150 valence electrons. The molecule has 1 rings (SSSR count). The zero-order chi connectivity index (χ0) is 20.3. The molecule has 3 amide bonds. The number of nitrogens with one attached hydrogen (secondary N) is 3. The van der Waals surface area contributed by atoms with E-state index in [-0.39, 0.29) is 31.2 Å². The lowest BCUT2D eigenvalue weighted by molar-refractivity contribution is -0.121. The molecule has 1 aromatic carbocycles. The monoisotopic (exact) mass is 397 g/mol. The van der Waals surface area contributed by atoms with Gasteiger partial charge in [-0.25, -0.2) is 4.79 Å². The first-order valence-corrected chi connectivity index (χ1v) is 9.29. The molecule has 0 atom stereocenters. The van der Waals surface area contributed by atoms with Crippen LogP contribution < -0.4 is 16.0 Å². The lowest BCUT2D eigenvalue weighted by atomic mass is 10.1. The fraction of sp³-hybridized carbons (Fsp3) is 0.526. The van der Waals surface area contributed by atoms with Gasteiger partial charge in [0.15, 0.2) is 0 Å². The van der Waals surface area contributed by atoms with Crippen LogP contribution in [0.3, 0.4) is 0 Å². The summed E-state index contributed by atoms with van der Waals surface area (Å²) >= 11 is 6.02. The van der Waals surface area contributed by atoms with Gasteiger partial charge in [0.05, 0.1) is 6.42 Å². The summed E-state index contributed by atoms with van der Waals surface area (Å²) in [4.78, 5) is 35.0. The molecule has 0 aromatic heterocycles. The predicted molar refractivity (Wildman–Crippen MR) is 105 cm³/mol. The van der Waals surface area contributed by atoms with E-state index in [1.807, 2.05) is 18.2 Å². The van der Waals surface area contributed by atoms with E-state index in [1.165, 1.54) is 0 Å². The molecule has 8 heteroatoms. The molecule has 0 bridgehead atoms. The molecule has 3 N–H and O–H groups in total. The Morgan fingerprint density at radius 2 is 1.59 bits per heavy atom. The zero-order valence-electron chi connectivity index (χ0n) is 16.1. The number of ether oxygens (including phenoxy) is 1. The van der Waals surface area contributed by atoms with Crippen LogP contribution in [0.4, 0.5) is 4.79 Å². The molecule has 0 aliphatic carbocycles. The van der Waals surface area contributed by atoms with Crippen molar-refractivity contribution < 1.29 is 19.1 Å². The molecular weight excluding hydrogens is 370 g/mol. The maximum absolute atomic E-state index is 11.9. The van der Waals surface area contributed by atoms with Gasteiger partial charge in [0, 0.05) is 31.1 Å². The average molecular weight is 398 g/mol. The fourth-order valence-electron chi connectivity index (χ4n) is 2.10. The Morgan fingerprint density at radius 3 is 2.22 bits per heavy atom. The highest BCUT2D eigenvalue weighted by Crippen LogP contribution is 2.15. The van der Waals surface area contributed by atoms with E-state index in [0.717, 1.165) is 5.56 Å². The van der Waals surface area contributed by atoms with Crippen LogP contribution in [0.15, 0.2) is 24.3 Å². The SMILES string of the molecule is CC(C)(C)OC(=O)NCCC(=O)NCCCNC(=O)Cc1ccccc1Cl. The second-order valence-corrected chi connectivity index (χ2v) is 7.41. The van der Waals surface area contributed by atoms with E-state index in [9.17, 15) is 14.4 Å². The first-order chi connectivity index (χ1) is 12.7. The van der Waals surface area contributed by atoms with Crippen LogP contribution in [-0.4, -0.2) is 43.1 Å². The number of amides is 3. The van der Waals surface area contributed by atoms with E-state index in [4.69, 9.17) is 16.3 Å². The summed E-state index contributed by atoms with van der Waals surface area (Å²) in [5.74, 6) is -0.288. The summed E-state index contributed by atoms with van der Waals surface area (Å²) in [6.07, 6.45) is 0.455. The van der Waals surface area contributed by atoms with Crippen LogP contribution in [0.25, 0.3) is 0 Å². The van der Waals surface area contributed by atoms with Gasteiger partial charge in [-0.3, -0.25) is 9.59 Å². The lowest BCUT2D eigenvalue weighted by Gasteiger charge is -2.19. The summed E-state index contributed by atoms with van der Waals surface area (Å²) in [6.45, 7) is 6.41. The highest BCUT2D eigenvalue weighted by atomic mass is 35.5. The second kappa shape index (κ2) is 11.4. The summed E-state index contributed by atoms with van der Waals surface area (Å²) < 4.78 is 5.07. The minimum absolute atomic E-state index is 0.115. The largest absolute Gasteiger partial charge is 0.444 e. The van der Waals surface area contributed by atoms with Gasteiger partial charge in [-0.2, -0.15) is 0 Å². The Labute approximate surface area is 165 Å². The van der Waals surface area contributed by atoms with E-state index in [2.05, 4.69) is 16.0 Å². The molecule has 7 nitrogen and oxygen atoms in total. The molecule has 0 radical (unpaired) electrons. The van der Waals surface area contributed by atoms with Gasteiger partial charge < -0.3 is 20.7 Å². The van der Waals surface area contributed by atoms with Crippen LogP contribution in [0.5, 0.6) is 0 Å².